The van der Waals surface area contributed by atoms with Gasteiger partial charge < -0.3 is 10.1 Å². The summed E-state index contributed by atoms with van der Waals surface area (Å²) in [6.07, 6.45) is 0. The van der Waals surface area contributed by atoms with Gasteiger partial charge in [0.15, 0.2) is 0 Å². The Labute approximate surface area is 113 Å². The highest BCUT2D eigenvalue weighted by atomic mass is 19.1. The molecule has 0 fully saturated rings. The Morgan fingerprint density at radius 1 is 1.30 bits per heavy atom. The fourth-order valence-electron chi connectivity index (χ4n) is 2.17. The molecular weight excluding hydrogens is 259 g/mol. The highest BCUT2D eigenvalue weighted by molar-refractivity contribution is 6.01. The number of aromatic nitrogens is 2. The number of hydrogen-bond acceptors (Lipinski definition) is 2. The van der Waals surface area contributed by atoms with Crippen LogP contribution in [0.25, 0.3) is 22.4 Å². The standard InChI is InChI=1S/C15H11FN2O2/c1-8-3-2-4-9(5-8)14-17-12-7-10(16)6-11(15(19)20)13(12)18-14/h2-7H,1H3,(H,17,18)(H,19,20). The summed E-state index contributed by atoms with van der Waals surface area (Å²) < 4.78 is 13.4. The fraction of sp³-hybridized carbons (Fsp3) is 0.0667. The first-order chi connectivity index (χ1) is 9.54. The van der Waals surface area contributed by atoms with Crippen molar-refractivity contribution in [2.75, 3.05) is 0 Å². The summed E-state index contributed by atoms with van der Waals surface area (Å²) in [7, 11) is 0. The van der Waals surface area contributed by atoms with Crippen LogP contribution in [0.1, 0.15) is 15.9 Å². The van der Waals surface area contributed by atoms with Crippen LogP contribution in [0.5, 0.6) is 0 Å². The van der Waals surface area contributed by atoms with Crippen LogP contribution < -0.4 is 0 Å². The highest BCUT2D eigenvalue weighted by Gasteiger charge is 2.15. The molecule has 0 saturated heterocycles. The number of nitrogens with zero attached hydrogens (tertiary/aromatic N) is 1. The third-order valence-electron chi connectivity index (χ3n) is 3.07. The molecule has 100 valence electrons. The van der Waals surface area contributed by atoms with Crippen LogP contribution in [0.2, 0.25) is 0 Å². The molecule has 0 unspecified atom stereocenters. The quantitative estimate of drug-likeness (QED) is 0.750. The third-order valence-corrected chi connectivity index (χ3v) is 3.07. The Bertz CT molecular complexity index is 824. The summed E-state index contributed by atoms with van der Waals surface area (Å²) in [6, 6.07) is 9.85. The first-order valence-corrected chi connectivity index (χ1v) is 6.04. The molecule has 0 aliphatic heterocycles. The van der Waals surface area contributed by atoms with Crippen LogP contribution in [0.3, 0.4) is 0 Å². The van der Waals surface area contributed by atoms with Crippen molar-refractivity contribution in [1.29, 1.82) is 0 Å². The number of fused-ring (bicyclic) bond motifs is 1. The third kappa shape index (κ3) is 2.03. The first-order valence-electron chi connectivity index (χ1n) is 6.04. The van der Waals surface area contributed by atoms with Gasteiger partial charge in [-0.15, -0.1) is 0 Å². The number of imidazole rings is 1. The summed E-state index contributed by atoms with van der Waals surface area (Å²) in [5.74, 6) is -1.28. The van der Waals surface area contributed by atoms with E-state index in [4.69, 9.17) is 5.11 Å². The molecule has 5 heteroatoms. The summed E-state index contributed by atoms with van der Waals surface area (Å²) >= 11 is 0. The van der Waals surface area contributed by atoms with Crippen molar-refractivity contribution in [1.82, 2.24) is 9.97 Å². The lowest BCUT2D eigenvalue weighted by molar-refractivity contribution is 0.0698. The van der Waals surface area contributed by atoms with E-state index in [2.05, 4.69) is 9.97 Å². The molecule has 2 N–H and O–H groups in total. The molecule has 3 rings (SSSR count). The zero-order chi connectivity index (χ0) is 14.3. The minimum atomic E-state index is -1.20. The van der Waals surface area contributed by atoms with E-state index in [0.29, 0.717) is 11.3 Å². The first kappa shape index (κ1) is 12.3. The molecule has 0 radical (unpaired) electrons. The van der Waals surface area contributed by atoms with Crippen LogP contribution in [0, 0.1) is 12.7 Å². The molecule has 1 aromatic heterocycles. The van der Waals surface area contributed by atoms with E-state index in [0.717, 1.165) is 17.2 Å². The Morgan fingerprint density at radius 3 is 2.80 bits per heavy atom. The second-order valence-electron chi connectivity index (χ2n) is 4.61. The molecule has 0 aliphatic rings. The van der Waals surface area contributed by atoms with Crippen LogP contribution >= 0.6 is 0 Å². The number of hydrogen-bond donors (Lipinski definition) is 2. The predicted molar refractivity (Wildman–Crippen MR) is 73.2 cm³/mol. The zero-order valence-corrected chi connectivity index (χ0v) is 10.6. The number of carboxylic acids is 1. The van der Waals surface area contributed by atoms with Crippen molar-refractivity contribution < 1.29 is 14.3 Å². The van der Waals surface area contributed by atoms with Gasteiger partial charge in [-0.2, -0.15) is 0 Å². The largest absolute Gasteiger partial charge is 0.478 e. The zero-order valence-electron chi connectivity index (χ0n) is 10.6. The highest BCUT2D eigenvalue weighted by Crippen LogP contribution is 2.24. The lowest BCUT2D eigenvalue weighted by Crippen LogP contribution is -1.98. The van der Waals surface area contributed by atoms with Gasteiger partial charge in [0.25, 0.3) is 0 Å². The SMILES string of the molecule is Cc1cccc(-c2nc3c(C(=O)O)cc(F)cc3[nH]2)c1. The van der Waals surface area contributed by atoms with E-state index < -0.39 is 11.8 Å². The second kappa shape index (κ2) is 4.45. The minimum Gasteiger partial charge on any atom is -0.478 e. The van der Waals surface area contributed by atoms with Gasteiger partial charge in [-0.3, -0.25) is 0 Å². The van der Waals surface area contributed by atoms with Crippen LogP contribution in [0.4, 0.5) is 4.39 Å². The molecule has 0 bridgehead atoms. The predicted octanol–water partition coefficient (Wildman–Crippen LogP) is 3.38. The Kier molecular flexibility index (Phi) is 2.75. The number of carbonyl (C=O) groups is 1. The van der Waals surface area contributed by atoms with Crippen molar-refractivity contribution >= 4 is 17.0 Å². The molecule has 0 saturated carbocycles. The number of aromatic amines is 1. The van der Waals surface area contributed by atoms with Gasteiger partial charge in [-0.05, 0) is 25.1 Å². The monoisotopic (exact) mass is 270 g/mol. The maximum atomic E-state index is 13.4. The molecule has 2 aromatic carbocycles. The minimum absolute atomic E-state index is 0.143. The number of aromatic carboxylic acids is 1. The van der Waals surface area contributed by atoms with E-state index in [1.165, 1.54) is 6.07 Å². The van der Waals surface area contributed by atoms with E-state index in [1.54, 1.807) is 0 Å². The average molecular weight is 270 g/mol. The summed E-state index contributed by atoms with van der Waals surface area (Å²) in [5.41, 5.74) is 2.38. The Hall–Kier alpha value is -2.69. The van der Waals surface area contributed by atoms with Gasteiger partial charge in [0.05, 0.1) is 11.1 Å². The number of halogens is 1. The Balaban J connectivity index is 2.25. The number of rotatable bonds is 2. The van der Waals surface area contributed by atoms with Gasteiger partial charge in [0, 0.05) is 5.56 Å². The molecule has 0 aliphatic carbocycles. The lowest BCUT2D eigenvalue weighted by atomic mass is 10.1. The second-order valence-corrected chi connectivity index (χ2v) is 4.61. The van der Waals surface area contributed by atoms with E-state index in [9.17, 15) is 9.18 Å². The molecule has 4 nitrogen and oxygen atoms in total. The summed E-state index contributed by atoms with van der Waals surface area (Å²) in [5, 5.41) is 9.11. The van der Waals surface area contributed by atoms with Crippen molar-refractivity contribution in [2.24, 2.45) is 0 Å². The summed E-state index contributed by atoms with van der Waals surface area (Å²) in [4.78, 5) is 18.4. The molecule has 0 atom stereocenters. The van der Waals surface area contributed by atoms with E-state index >= 15 is 0 Å². The van der Waals surface area contributed by atoms with Crippen molar-refractivity contribution in [3.63, 3.8) is 0 Å². The molecule has 0 spiro atoms. The number of aryl methyl sites for hydroxylation is 1. The van der Waals surface area contributed by atoms with Gasteiger partial charge in [-0.1, -0.05) is 23.8 Å². The fourth-order valence-corrected chi connectivity index (χ4v) is 2.17. The molecule has 3 aromatic rings. The van der Waals surface area contributed by atoms with Crippen molar-refractivity contribution in [3.05, 3.63) is 53.3 Å². The lowest BCUT2D eigenvalue weighted by Gasteiger charge is -1.97. The van der Waals surface area contributed by atoms with Gasteiger partial charge in [0.1, 0.15) is 17.2 Å². The van der Waals surface area contributed by atoms with Crippen molar-refractivity contribution in [3.8, 4) is 11.4 Å². The van der Waals surface area contributed by atoms with Crippen LogP contribution in [-0.2, 0) is 0 Å². The number of carboxylic acid groups (broad SMARTS) is 1. The number of H-pyrrole nitrogens is 1. The Morgan fingerprint density at radius 2 is 2.10 bits per heavy atom. The molecule has 0 amide bonds. The number of nitrogens with one attached hydrogen (secondary N) is 1. The number of benzene rings is 2. The summed E-state index contributed by atoms with van der Waals surface area (Å²) in [6.45, 7) is 1.95. The smallest absolute Gasteiger partial charge is 0.338 e. The average Bonchev–Trinajstić information content (AvgIpc) is 2.81. The maximum Gasteiger partial charge on any atom is 0.338 e. The van der Waals surface area contributed by atoms with Gasteiger partial charge in [-0.25, -0.2) is 14.2 Å². The molecule has 1 heterocycles. The molecule has 20 heavy (non-hydrogen) atoms. The van der Waals surface area contributed by atoms with Crippen molar-refractivity contribution in [2.45, 2.75) is 6.92 Å². The maximum absolute atomic E-state index is 13.4. The van der Waals surface area contributed by atoms with Crippen LogP contribution in [-0.4, -0.2) is 21.0 Å². The molecular formula is C15H11FN2O2. The van der Waals surface area contributed by atoms with E-state index in [-0.39, 0.29) is 11.1 Å². The van der Waals surface area contributed by atoms with Gasteiger partial charge >= 0.3 is 5.97 Å². The van der Waals surface area contributed by atoms with E-state index in [1.807, 2.05) is 31.2 Å². The normalized spacial score (nSPS) is 10.9. The van der Waals surface area contributed by atoms with Gasteiger partial charge in [0.2, 0.25) is 0 Å². The topological polar surface area (TPSA) is 66.0 Å². The van der Waals surface area contributed by atoms with Crippen LogP contribution in [0.15, 0.2) is 36.4 Å².